The number of hydrogen-bond donors (Lipinski definition) is 0. The number of nitrogens with zero attached hydrogens (tertiary/aromatic N) is 4. The lowest BCUT2D eigenvalue weighted by atomic mass is 9.99. The topological polar surface area (TPSA) is 59.0 Å². The van der Waals surface area contributed by atoms with Crippen LogP contribution in [0.25, 0.3) is 5.57 Å². The van der Waals surface area contributed by atoms with Crippen LogP contribution in [-0.4, -0.2) is 33.8 Å². The third-order valence-corrected chi connectivity index (χ3v) is 6.40. The number of benzene rings is 1. The fraction of sp³-hybridized carbons (Fsp3) is 0.304. The molecule has 0 saturated carbocycles. The largest absolute Gasteiger partial charge is 0.343 e. The van der Waals surface area contributed by atoms with Crippen molar-refractivity contribution in [2.75, 3.05) is 18.0 Å². The van der Waals surface area contributed by atoms with Crippen molar-refractivity contribution < 1.29 is 9.18 Å². The number of hydrogen-bond acceptors (Lipinski definition) is 6. The molecule has 7 heteroatoms. The first kappa shape index (κ1) is 20.3. The van der Waals surface area contributed by atoms with Crippen LogP contribution in [-0.2, 0) is 6.42 Å². The summed E-state index contributed by atoms with van der Waals surface area (Å²) in [7, 11) is 0. The molecule has 2 aromatic heterocycles. The van der Waals surface area contributed by atoms with Crippen LogP contribution in [0.2, 0.25) is 0 Å². The molecule has 0 aliphatic carbocycles. The molecular weight excluding hydrogens is 399 g/mol. The van der Waals surface area contributed by atoms with E-state index >= 15 is 0 Å². The third-order valence-electron chi connectivity index (χ3n) is 5.42. The zero-order valence-corrected chi connectivity index (χ0v) is 18.1. The van der Waals surface area contributed by atoms with Crippen molar-refractivity contribution in [3.63, 3.8) is 0 Å². The maximum atomic E-state index is 13.7. The smallest absolute Gasteiger partial charge is 0.185 e. The predicted molar refractivity (Wildman–Crippen MR) is 117 cm³/mol. The highest BCUT2D eigenvalue weighted by Gasteiger charge is 2.21. The van der Waals surface area contributed by atoms with Crippen molar-refractivity contribution in [1.82, 2.24) is 15.0 Å². The predicted octanol–water partition coefficient (Wildman–Crippen LogP) is 4.80. The molecule has 3 heterocycles. The number of rotatable bonds is 5. The van der Waals surface area contributed by atoms with Crippen molar-refractivity contribution in [1.29, 1.82) is 0 Å². The van der Waals surface area contributed by atoms with Crippen LogP contribution >= 0.6 is 11.3 Å². The van der Waals surface area contributed by atoms with Gasteiger partial charge in [0, 0.05) is 35.9 Å². The summed E-state index contributed by atoms with van der Waals surface area (Å²) in [5, 5.41) is 1.03. The van der Waals surface area contributed by atoms with E-state index in [1.54, 1.807) is 42.8 Å². The van der Waals surface area contributed by atoms with Crippen LogP contribution in [0, 0.1) is 19.7 Å². The highest BCUT2D eigenvalue weighted by atomic mass is 32.1. The summed E-state index contributed by atoms with van der Waals surface area (Å²) in [5.41, 5.74) is 4.61. The number of aryl methyl sites for hydroxylation is 1. The molecule has 0 spiro atoms. The van der Waals surface area contributed by atoms with Crippen LogP contribution in [0.4, 0.5) is 9.52 Å². The van der Waals surface area contributed by atoms with E-state index in [9.17, 15) is 9.18 Å². The van der Waals surface area contributed by atoms with Gasteiger partial charge in [0.05, 0.1) is 24.0 Å². The minimum Gasteiger partial charge on any atom is -0.343 e. The number of thiazole rings is 1. The number of Topliss-reactive ketones (excluding diaryl/α,β-unsaturated/α-hetero) is 1. The molecule has 30 heavy (non-hydrogen) atoms. The molecule has 0 atom stereocenters. The minimum atomic E-state index is -0.373. The van der Waals surface area contributed by atoms with Gasteiger partial charge in [0.15, 0.2) is 10.9 Å². The standard InChI is InChI=1S/C23H23FN4OS/c1-14-7-8-28(23-27-10-15(2)30-23)13-19(14)21-12-25-17(11-26-21)9-22(29)18-5-4-6-20(24)16(18)3/h4-6,10-12H,7-9,13H2,1-3H3. The molecule has 4 rings (SSSR count). The Morgan fingerprint density at radius 2 is 1.97 bits per heavy atom. The van der Waals surface area contributed by atoms with Crippen molar-refractivity contribution in [3.05, 3.63) is 75.6 Å². The monoisotopic (exact) mass is 422 g/mol. The molecule has 0 bridgehead atoms. The molecule has 3 aromatic rings. The quantitative estimate of drug-likeness (QED) is 0.553. The van der Waals surface area contributed by atoms with Gasteiger partial charge in [0.1, 0.15) is 5.82 Å². The molecule has 0 amide bonds. The number of anilines is 1. The highest BCUT2D eigenvalue weighted by molar-refractivity contribution is 7.15. The van der Waals surface area contributed by atoms with Gasteiger partial charge in [-0.3, -0.25) is 14.8 Å². The van der Waals surface area contributed by atoms with Gasteiger partial charge in [-0.25, -0.2) is 9.37 Å². The van der Waals surface area contributed by atoms with E-state index in [2.05, 4.69) is 33.7 Å². The van der Waals surface area contributed by atoms with Crippen LogP contribution in [0.1, 0.15) is 45.5 Å². The lowest BCUT2D eigenvalue weighted by Gasteiger charge is -2.29. The van der Waals surface area contributed by atoms with Crippen molar-refractivity contribution in [2.45, 2.75) is 33.6 Å². The van der Waals surface area contributed by atoms with E-state index in [0.717, 1.165) is 35.9 Å². The number of carbonyl (C=O) groups is 1. The van der Waals surface area contributed by atoms with Gasteiger partial charge in [-0.15, -0.1) is 11.3 Å². The van der Waals surface area contributed by atoms with E-state index in [1.807, 2.05) is 6.20 Å². The zero-order valence-electron chi connectivity index (χ0n) is 17.3. The Bertz CT molecular complexity index is 1120. The maximum absolute atomic E-state index is 13.7. The fourth-order valence-corrected chi connectivity index (χ4v) is 4.37. The molecule has 1 aliphatic heterocycles. The first-order valence-corrected chi connectivity index (χ1v) is 10.7. The average Bonchev–Trinajstić information content (AvgIpc) is 3.17. The van der Waals surface area contributed by atoms with E-state index in [-0.39, 0.29) is 18.0 Å². The lowest BCUT2D eigenvalue weighted by Crippen LogP contribution is -2.31. The normalized spacial score (nSPS) is 14.3. The Balaban J connectivity index is 1.50. The first-order chi connectivity index (χ1) is 14.4. The molecule has 1 aliphatic rings. The average molecular weight is 423 g/mol. The number of ketones is 1. The van der Waals surface area contributed by atoms with Gasteiger partial charge in [-0.05, 0) is 44.4 Å². The van der Waals surface area contributed by atoms with Crippen LogP contribution in [0.15, 0.2) is 42.4 Å². The van der Waals surface area contributed by atoms with Crippen molar-refractivity contribution >= 4 is 27.8 Å². The number of carbonyl (C=O) groups excluding carboxylic acids is 1. The second kappa shape index (κ2) is 8.44. The van der Waals surface area contributed by atoms with Crippen molar-refractivity contribution in [3.8, 4) is 0 Å². The lowest BCUT2D eigenvalue weighted by molar-refractivity contribution is 0.0990. The summed E-state index contributed by atoms with van der Waals surface area (Å²) in [6.45, 7) is 7.49. The molecule has 0 fully saturated rings. The number of halogens is 1. The van der Waals surface area contributed by atoms with E-state index in [0.29, 0.717) is 16.8 Å². The SMILES string of the molecule is CC1=C(c2cnc(CC(=O)c3cccc(F)c3C)cn2)CN(c2ncc(C)s2)CC1. The first-order valence-electron chi connectivity index (χ1n) is 9.88. The minimum absolute atomic E-state index is 0.0973. The van der Waals surface area contributed by atoms with Crippen molar-refractivity contribution in [2.24, 2.45) is 0 Å². The molecule has 1 aromatic carbocycles. The molecule has 0 N–H and O–H groups in total. The van der Waals surface area contributed by atoms with Crippen LogP contribution < -0.4 is 4.90 Å². The van der Waals surface area contributed by atoms with Gasteiger partial charge in [-0.1, -0.05) is 17.7 Å². The zero-order chi connectivity index (χ0) is 21.3. The van der Waals surface area contributed by atoms with Gasteiger partial charge in [0.25, 0.3) is 0 Å². The van der Waals surface area contributed by atoms with Gasteiger partial charge >= 0.3 is 0 Å². The van der Waals surface area contributed by atoms with E-state index in [1.165, 1.54) is 16.5 Å². The number of aromatic nitrogens is 3. The van der Waals surface area contributed by atoms with Crippen LogP contribution in [0.3, 0.4) is 0 Å². The van der Waals surface area contributed by atoms with Crippen LogP contribution in [0.5, 0.6) is 0 Å². The molecule has 0 unspecified atom stereocenters. The van der Waals surface area contributed by atoms with Gasteiger partial charge in [0.2, 0.25) is 0 Å². The Morgan fingerprint density at radius 3 is 2.67 bits per heavy atom. The summed E-state index contributed by atoms with van der Waals surface area (Å²) < 4.78 is 13.7. The second-order valence-corrected chi connectivity index (χ2v) is 8.80. The van der Waals surface area contributed by atoms with Gasteiger partial charge < -0.3 is 4.90 Å². The molecular formula is C23H23FN4OS. The second-order valence-electron chi connectivity index (χ2n) is 7.59. The van der Waals surface area contributed by atoms with E-state index in [4.69, 9.17) is 0 Å². The maximum Gasteiger partial charge on any atom is 0.185 e. The Kier molecular flexibility index (Phi) is 5.72. The summed E-state index contributed by atoms with van der Waals surface area (Å²) >= 11 is 1.69. The highest BCUT2D eigenvalue weighted by Crippen LogP contribution is 2.30. The Morgan fingerprint density at radius 1 is 1.13 bits per heavy atom. The summed E-state index contributed by atoms with van der Waals surface area (Å²) in [5.74, 6) is -0.533. The molecule has 0 saturated heterocycles. The fourth-order valence-electron chi connectivity index (χ4n) is 3.58. The summed E-state index contributed by atoms with van der Waals surface area (Å²) in [6, 6.07) is 4.56. The summed E-state index contributed by atoms with van der Waals surface area (Å²) in [4.78, 5) is 29.6. The molecule has 5 nitrogen and oxygen atoms in total. The third kappa shape index (κ3) is 4.16. The Labute approximate surface area is 179 Å². The van der Waals surface area contributed by atoms with Gasteiger partial charge in [-0.2, -0.15) is 0 Å². The molecule has 154 valence electrons. The summed E-state index contributed by atoms with van der Waals surface area (Å²) in [6.07, 6.45) is 6.33. The van der Waals surface area contributed by atoms with E-state index < -0.39 is 0 Å². The Hall–Kier alpha value is -2.93. The molecule has 0 radical (unpaired) electrons.